The second-order valence-electron chi connectivity index (χ2n) is 8.32. The van der Waals surface area contributed by atoms with Gasteiger partial charge >= 0.3 is 6.09 Å². The van der Waals surface area contributed by atoms with E-state index in [4.69, 9.17) is 9.47 Å². The van der Waals surface area contributed by atoms with Gasteiger partial charge in [-0.25, -0.2) is 4.79 Å². The predicted molar refractivity (Wildman–Crippen MR) is 125 cm³/mol. The van der Waals surface area contributed by atoms with Crippen molar-refractivity contribution >= 4 is 6.09 Å². The van der Waals surface area contributed by atoms with E-state index in [0.717, 1.165) is 22.4 Å². The maximum absolute atomic E-state index is 12.6. The Morgan fingerprint density at radius 3 is 2.09 bits per heavy atom. The minimum atomic E-state index is -0.520. The number of hydrogen-bond acceptors (Lipinski definition) is 4. The number of amides is 1. The number of nitrogens with one attached hydrogen (secondary N) is 1. The van der Waals surface area contributed by atoms with Crippen molar-refractivity contribution in [3.63, 3.8) is 0 Å². The molecule has 0 heterocycles. The van der Waals surface area contributed by atoms with Gasteiger partial charge in [-0.1, -0.05) is 60.7 Å². The predicted octanol–water partition coefficient (Wildman–Crippen LogP) is 4.75. The molecule has 0 saturated heterocycles. The number of aryl methyl sites for hydroxylation is 2. The second kappa shape index (κ2) is 9.45. The first kappa shape index (κ1) is 21.9. The van der Waals surface area contributed by atoms with Gasteiger partial charge in [0.2, 0.25) is 0 Å². The van der Waals surface area contributed by atoms with Crippen LogP contribution in [0.25, 0.3) is 11.1 Å². The third-order valence-electron chi connectivity index (χ3n) is 6.09. The van der Waals surface area contributed by atoms with Gasteiger partial charge in [0.15, 0.2) is 0 Å². The fraction of sp³-hybridized carbons (Fsp3) is 0.296. The lowest BCUT2D eigenvalue weighted by molar-refractivity contribution is 0.132. The average Bonchev–Trinajstić information content (AvgIpc) is 3.11. The van der Waals surface area contributed by atoms with Gasteiger partial charge in [0, 0.05) is 5.92 Å². The van der Waals surface area contributed by atoms with Gasteiger partial charge in [-0.15, -0.1) is 0 Å². The SMILES string of the molecule is COc1c(C)cc(C[C@@H](CO)NC(=O)OCC2c3ccccc3-c3ccccc32)cc1C. The first-order chi connectivity index (χ1) is 15.5. The quantitative estimate of drug-likeness (QED) is 0.566. The number of methoxy groups -OCH3 is 1. The van der Waals surface area contributed by atoms with Gasteiger partial charge in [0.25, 0.3) is 0 Å². The number of fused-ring (bicyclic) bond motifs is 3. The van der Waals surface area contributed by atoms with Gasteiger partial charge in [-0.05, 0) is 59.2 Å². The Balaban J connectivity index is 1.40. The van der Waals surface area contributed by atoms with Crippen LogP contribution in [-0.2, 0) is 11.2 Å². The smallest absolute Gasteiger partial charge is 0.407 e. The summed E-state index contributed by atoms with van der Waals surface area (Å²) in [4.78, 5) is 12.6. The maximum Gasteiger partial charge on any atom is 0.407 e. The molecule has 32 heavy (non-hydrogen) atoms. The normalized spacial score (nSPS) is 13.2. The number of carbonyl (C=O) groups is 1. The molecule has 0 unspecified atom stereocenters. The van der Waals surface area contributed by atoms with E-state index in [2.05, 4.69) is 29.6 Å². The number of aliphatic hydroxyl groups is 1. The molecule has 4 rings (SSSR count). The molecule has 0 aliphatic heterocycles. The third kappa shape index (κ3) is 4.34. The van der Waals surface area contributed by atoms with Crippen molar-refractivity contribution in [2.24, 2.45) is 0 Å². The zero-order valence-electron chi connectivity index (χ0n) is 18.7. The molecule has 3 aromatic carbocycles. The molecule has 3 aromatic rings. The van der Waals surface area contributed by atoms with Crippen LogP contribution in [-0.4, -0.2) is 37.6 Å². The molecule has 0 spiro atoms. The van der Waals surface area contributed by atoms with Crippen LogP contribution in [0.4, 0.5) is 4.79 Å². The zero-order chi connectivity index (χ0) is 22.7. The Labute approximate surface area is 189 Å². The topological polar surface area (TPSA) is 67.8 Å². The van der Waals surface area contributed by atoms with E-state index in [-0.39, 0.29) is 19.1 Å². The fourth-order valence-electron chi connectivity index (χ4n) is 4.73. The molecule has 0 bridgehead atoms. The number of rotatable bonds is 7. The van der Waals surface area contributed by atoms with E-state index in [1.54, 1.807) is 7.11 Å². The standard InChI is InChI=1S/C27H29NO4/c1-17-12-19(13-18(2)26(17)31-3)14-20(15-29)28-27(30)32-16-25-23-10-6-4-8-21(23)22-9-5-7-11-24(22)25/h4-13,20,25,29H,14-16H2,1-3H3,(H,28,30)/t20-/m0/s1. The summed E-state index contributed by atoms with van der Waals surface area (Å²) < 4.78 is 11.0. The van der Waals surface area contributed by atoms with Crippen molar-refractivity contribution in [2.45, 2.75) is 32.2 Å². The van der Waals surface area contributed by atoms with Crippen LogP contribution in [0.1, 0.15) is 33.7 Å². The molecule has 5 heteroatoms. The highest BCUT2D eigenvalue weighted by molar-refractivity contribution is 5.79. The molecule has 1 aliphatic carbocycles. The van der Waals surface area contributed by atoms with Crippen molar-refractivity contribution in [2.75, 3.05) is 20.3 Å². The Morgan fingerprint density at radius 1 is 1.00 bits per heavy atom. The van der Waals surface area contributed by atoms with E-state index >= 15 is 0 Å². The highest BCUT2D eigenvalue weighted by Gasteiger charge is 2.29. The van der Waals surface area contributed by atoms with Crippen molar-refractivity contribution in [1.29, 1.82) is 0 Å². The molecule has 1 atom stereocenters. The monoisotopic (exact) mass is 431 g/mol. The van der Waals surface area contributed by atoms with E-state index in [1.165, 1.54) is 22.3 Å². The lowest BCUT2D eigenvalue weighted by Gasteiger charge is -2.19. The van der Waals surface area contributed by atoms with Crippen molar-refractivity contribution in [1.82, 2.24) is 5.32 Å². The Kier molecular flexibility index (Phi) is 6.47. The molecule has 1 amide bonds. The largest absolute Gasteiger partial charge is 0.496 e. The number of aliphatic hydroxyl groups excluding tert-OH is 1. The average molecular weight is 432 g/mol. The lowest BCUT2D eigenvalue weighted by Crippen LogP contribution is -2.39. The van der Waals surface area contributed by atoms with E-state index < -0.39 is 12.1 Å². The first-order valence-electron chi connectivity index (χ1n) is 10.9. The number of ether oxygens (including phenoxy) is 2. The molecule has 0 fully saturated rings. The first-order valence-corrected chi connectivity index (χ1v) is 10.9. The summed E-state index contributed by atoms with van der Waals surface area (Å²) in [5.74, 6) is 0.867. The minimum absolute atomic E-state index is 0.00705. The summed E-state index contributed by atoms with van der Waals surface area (Å²) in [6, 6.07) is 20.1. The minimum Gasteiger partial charge on any atom is -0.496 e. The Morgan fingerprint density at radius 2 is 1.56 bits per heavy atom. The summed E-state index contributed by atoms with van der Waals surface area (Å²) in [7, 11) is 1.66. The van der Waals surface area contributed by atoms with Crippen molar-refractivity contribution in [3.05, 3.63) is 88.5 Å². The van der Waals surface area contributed by atoms with E-state index in [0.29, 0.717) is 6.42 Å². The Hall–Kier alpha value is -3.31. The molecular formula is C27H29NO4. The molecule has 0 aromatic heterocycles. The molecule has 2 N–H and O–H groups in total. The van der Waals surface area contributed by atoms with Gasteiger partial charge in [0.1, 0.15) is 12.4 Å². The van der Waals surface area contributed by atoms with Crippen LogP contribution in [0.3, 0.4) is 0 Å². The van der Waals surface area contributed by atoms with Crippen LogP contribution >= 0.6 is 0 Å². The zero-order valence-corrected chi connectivity index (χ0v) is 18.7. The molecule has 1 aliphatic rings. The number of benzene rings is 3. The van der Waals surface area contributed by atoms with Crippen LogP contribution in [0.5, 0.6) is 5.75 Å². The molecule has 0 radical (unpaired) electrons. The summed E-state index contributed by atoms with van der Waals surface area (Å²) in [6.07, 6.45) is -0.0142. The van der Waals surface area contributed by atoms with Gasteiger partial charge in [0.05, 0.1) is 19.8 Å². The molecule has 0 saturated carbocycles. The fourth-order valence-corrected chi connectivity index (χ4v) is 4.73. The maximum atomic E-state index is 12.6. The van der Waals surface area contributed by atoms with Crippen LogP contribution < -0.4 is 10.1 Å². The number of alkyl carbamates (subject to hydrolysis) is 1. The number of carbonyl (C=O) groups excluding carboxylic acids is 1. The third-order valence-corrected chi connectivity index (χ3v) is 6.09. The second-order valence-corrected chi connectivity index (χ2v) is 8.32. The van der Waals surface area contributed by atoms with E-state index in [1.807, 2.05) is 50.2 Å². The summed E-state index contributed by atoms with van der Waals surface area (Å²) in [5, 5.41) is 12.6. The summed E-state index contributed by atoms with van der Waals surface area (Å²) in [5.41, 5.74) is 7.81. The van der Waals surface area contributed by atoms with Crippen LogP contribution in [0.2, 0.25) is 0 Å². The number of hydrogen-bond donors (Lipinski definition) is 2. The summed E-state index contributed by atoms with van der Waals surface area (Å²) in [6.45, 7) is 4.05. The van der Waals surface area contributed by atoms with Gasteiger partial charge < -0.3 is 19.9 Å². The van der Waals surface area contributed by atoms with Crippen LogP contribution in [0, 0.1) is 13.8 Å². The highest BCUT2D eigenvalue weighted by Crippen LogP contribution is 2.44. The highest BCUT2D eigenvalue weighted by atomic mass is 16.5. The molecule has 5 nitrogen and oxygen atoms in total. The van der Waals surface area contributed by atoms with Crippen molar-refractivity contribution < 1.29 is 19.4 Å². The van der Waals surface area contributed by atoms with Crippen molar-refractivity contribution in [3.8, 4) is 16.9 Å². The van der Waals surface area contributed by atoms with E-state index in [9.17, 15) is 9.90 Å². The van der Waals surface area contributed by atoms with Gasteiger partial charge in [-0.3, -0.25) is 0 Å². The lowest BCUT2D eigenvalue weighted by atomic mass is 9.98. The molecular weight excluding hydrogens is 402 g/mol. The Bertz CT molecular complexity index is 1060. The van der Waals surface area contributed by atoms with Gasteiger partial charge in [-0.2, -0.15) is 0 Å². The molecule has 166 valence electrons. The summed E-state index contributed by atoms with van der Waals surface area (Å²) >= 11 is 0. The van der Waals surface area contributed by atoms with Crippen LogP contribution in [0.15, 0.2) is 60.7 Å².